The zero-order chi connectivity index (χ0) is 9.82. The number of aromatic hydroxyl groups is 1. The molecule has 0 aliphatic rings. The van der Waals surface area contributed by atoms with E-state index >= 15 is 0 Å². The lowest BCUT2D eigenvalue weighted by molar-refractivity contribution is -0.106. The maximum Gasteiger partial charge on any atom is 0.116 e. The number of carbonyl (C=O) groups excluding carboxylic acids is 1. The van der Waals surface area contributed by atoms with Crippen LogP contribution in [0.15, 0.2) is 30.3 Å². The van der Waals surface area contributed by atoms with Crippen LogP contribution in [-0.2, 0) is 4.79 Å². The quantitative estimate of drug-likeness (QED) is 0.575. The van der Waals surface area contributed by atoms with Gasteiger partial charge in [0.15, 0.2) is 0 Å². The van der Waals surface area contributed by atoms with Gasteiger partial charge < -0.3 is 15.0 Å². The molecule has 0 atom stereocenters. The fourth-order valence-corrected chi connectivity index (χ4v) is 0.428. The Labute approximate surface area is 72.3 Å². The van der Waals surface area contributed by atoms with Crippen molar-refractivity contribution in [3.63, 3.8) is 0 Å². The first-order valence-corrected chi connectivity index (χ1v) is 3.39. The summed E-state index contributed by atoms with van der Waals surface area (Å²) in [5.74, 6) is 0.322. The molecule has 0 saturated heterocycles. The zero-order valence-electron chi connectivity index (χ0n) is 7.27. The SMILES string of the molecule is CC=O.CO.Oc1ccccc1. The van der Waals surface area contributed by atoms with Crippen molar-refractivity contribution in [3.05, 3.63) is 30.3 Å². The molecule has 0 spiro atoms. The van der Waals surface area contributed by atoms with Crippen LogP contribution in [0.25, 0.3) is 0 Å². The number of aliphatic hydroxyl groups excluding tert-OH is 1. The minimum absolute atomic E-state index is 0.322. The second-order valence-corrected chi connectivity index (χ2v) is 1.57. The summed E-state index contributed by atoms with van der Waals surface area (Å²) in [5.41, 5.74) is 0. The van der Waals surface area contributed by atoms with Gasteiger partial charge in [0.1, 0.15) is 12.0 Å². The van der Waals surface area contributed by atoms with E-state index in [4.69, 9.17) is 15.0 Å². The smallest absolute Gasteiger partial charge is 0.116 e. The Balaban J connectivity index is 0. The van der Waals surface area contributed by atoms with Crippen LogP contribution >= 0.6 is 0 Å². The molecule has 1 rings (SSSR count). The van der Waals surface area contributed by atoms with Crippen LogP contribution in [-0.4, -0.2) is 23.6 Å². The van der Waals surface area contributed by atoms with E-state index < -0.39 is 0 Å². The van der Waals surface area contributed by atoms with Gasteiger partial charge in [0.25, 0.3) is 0 Å². The van der Waals surface area contributed by atoms with Crippen molar-refractivity contribution in [1.29, 1.82) is 0 Å². The second-order valence-electron chi connectivity index (χ2n) is 1.57. The molecule has 0 heterocycles. The molecule has 0 aliphatic carbocycles. The highest BCUT2D eigenvalue weighted by Gasteiger charge is 1.74. The summed E-state index contributed by atoms with van der Waals surface area (Å²) in [4.78, 5) is 8.81. The standard InChI is InChI=1S/C6H6O.C2H4O.CH4O/c7-6-4-2-1-3-5-6;1-2-3;1-2/h1-5,7H;2H,1H3;2H,1H3. The monoisotopic (exact) mass is 170 g/mol. The predicted octanol–water partition coefficient (Wildman–Crippen LogP) is 1.21. The van der Waals surface area contributed by atoms with E-state index in [9.17, 15) is 0 Å². The highest BCUT2D eigenvalue weighted by molar-refractivity contribution is 5.44. The van der Waals surface area contributed by atoms with Crippen LogP contribution in [0.3, 0.4) is 0 Å². The van der Waals surface area contributed by atoms with Crippen molar-refractivity contribution in [2.24, 2.45) is 0 Å². The fraction of sp³-hybridized carbons (Fsp3) is 0.222. The second kappa shape index (κ2) is 12.3. The largest absolute Gasteiger partial charge is 0.508 e. The Kier molecular flexibility index (Phi) is 13.6. The Morgan fingerprint density at radius 2 is 1.50 bits per heavy atom. The van der Waals surface area contributed by atoms with Gasteiger partial charge in [0.2, 0.25) is 0 Å². The van der Waals surface area contributed by atoms with Gasteiger partial charge in [-0.1, -0.05) is 18.2 Å². The number of phenols is 1. The van der Waals surface area contributed by atoms with E-state index in [1.165, 1.54) is 6.92 Å². The van der Waals surface area contributed by atoms with Crippen LogP contribution in [0.5, 0.6) is 5.75 Å². The first-order chi connectivity index (χ1) is 5.81. The summed E-state index contributed by atoms with van der Waals surface area (Å²) in [5, 5.41) is 15.6. The maximum absolute atomic E-state index is 8.81. The summed E-state index contributed by atoms with van der Waals surface area (Å²) >= 11 is 0. The summed E-state index contributed by atoms with van der Waals surface area (Å²) in [7, 11) is 1.00. The van der Waals surface area contributed by atoms with Crippen LogP contribution in [0.1, 0.15) is 6.92 Å². The van der Waals surface area contributed by atoms with E-state index in [2.05, 4.69) is 0 Å². The Morgan fingerprint density at radius 3 is 1.67 bits per heavy atom. The predicted molar refractivity (Wildman–Crippen MR) is 48.0 cm³/mol. The van der Waals surface area contributed by atoms with E-state index in [1.807, 2.05) is 6.07 Å². The van der Waals surface area contributed by atoms with Gasteiger partial charge in [0.05, 0.1) is 0 Å². The number of para-hydroxylation sites is 1. The molecule has 1 aromatic rings. The first-order valence-electron chi connectivity index (χ1n) is 3.39. The Hall–Kier alpha value is -1.35. The van der Waals surface area contributed by atoms with Crippen molar-refractivity contribution >= 4 is 6.29 Å². The molecule has 0 aromatic heterocycles. The fourth-order valence-electron chi connectivity index (χ4n) is 0.428. The number of hydrogen-bond donors (Lipinski definition) is 2. The number of carbonyl (C=O) groups is 1. The average molecular weight is 170 g/mol. The number of aliphatic hydroxyl groups is 1. The first kappa shape index (κ1) is 13.3. The third-order valence-corrected chi connectivity index (χ3v) is 0.756. The van der Waals surface area contributed by atoms with Gasteiger partial charge in [-0.25, -0.2) is 0 Å². The third-order valence-electron chi connectivity index (χ3n) is 0.756. The van der Waals surface area contributed by atoms with Crippen molar-refractivity contribution in [2.75, 3.05) is 7.11 Å². The Morgan fingerprint density at radius 1 is 1.17 bits per heavy atom. The molecule has 0 radical (unpaired) electrons. The number of benzene rings is 1. The van der Waals surface area contributed by atoms with Crippen LogP contribution in [0.4, 0.5) is 0 Å². The number of phenolic OH excluding ortho intramolecular Hbond substituents is 1. The van der Waals surface area contributed by atoms with Gasteiger partial charge in [-0.3, -0.25) is 0 Å². The van der Waals surface area contributed by atoms with Crippen molar-refractivity contribution in [2.45, 2.75) is 6.92 Å². The highest BCUT2D eigenvalue weighted by atomic mass is 16.3. The molecule has 0 saturated carbocycles. The van der Waals surface area contributed by atoms with Crippen molar-refractivity contribution in [3.8, 4) is 5.75 Å². The lowest BCUT2D eigenvalue weighted by atomic mass is 10.3. The van der Waals surface area contributed by atoms with Gasteiger partial charge >= 0.3 is 0 Å². The van der Waals surface area contributed by atoms with Gasteiger partial charge in [-0.15, -0.1) is 0 Å². The molecule has 0 amide bonds. The van der Waals surface area contributed by atoms with E-state index in [1.54, 1.807) is 24.3 Å². The molecule has 3 heteroatoms. The van der Waals surface area contributed by atoms with Gasteiger partial charge in [-0.05, 0) is 19.1 Å². The van der Waals surface area contributed by atoms with Crippen LogP contribution in [0, 0.1) is 0 Å². The lowest BCUT2D eigenvalue weighted by Gasteiger charge is -1.82. The average Bonchev–Trinajstić information content (AvgIpc) is 2.11. The van der Waals surface area contributed by atoms with Crippen LogP contribution < -0.4 is 0 Å². The number of hydrogen-bond acceptors (Lipinski definition) is 3. The topological polar surface area (TPSA) is 57.5 Å². The molecule has 12 heavy (non-hydrogen) atoms. The molecule has 0 bridgehead atoms. The van der Waals surface area contributed by atoms with Gasteiger partial charge in [-0.2, -0.15) is 0 Å². The van der Waals surface area contributed by atoms with Crippen LogP contribution in [0.2, 0.25) is 0 Å². The van der Waals surface area contributed by atoms with Crippen molar-refractivity contribution in [1.82, 2.24) is 0 Å². The summed E-state index contributed by atoms with van der Waals surface area (Å²) in [6.07, 6.45) is 0.750. The molecule has 0 fully saturated rings. The minimum atomic E-state index is 0.322. The van der Waals surface area contributed by atoms with Gasteiger partial charge in [0, 0.05) is 7.11 Å². The minimum Gasteiger partial charge on any atom is -0.508 e. The Bertz CT molecular complexity index is 172. The van der Waals surface area contributed by atoms with Crippen molar-refractivity contribution < 1.29 is 15.0 Å². The summed E-state index contributed by atoms with van der Waals surface area (Å²) in [6.45, 7) is 1.44. The normalized spacial score (nSPS) is 6.58. The number of rotatable bonds is 0. The zero-order valence-corrected chi connectivity index (χ0v) is 7.27. The summed E-state index contributed by atoms with van der Waals surface area (Å²) in [6, 6.07) is 8.71. The molecular formula is C9H14O3. The molecule has 0 unspecified atom stereocenters. The molecule has 0 aliphatic heterocycles. The van der Waals surface area contributed by atoms with E-state index in [-0.39, 0.29) is 0 Å². The highest BCUT2D eigenvalue weighted by Crippen LogP contribution is 2.02. The molecule has 68 valence electrons. The van der Waals surface area contributed by atoms with E-state index in [0.717, 1.165) is 13.4 Å². The maximum atomic E-state index is 8.81. The van der Waals surface area contributed by atoms with E-state index in [0.29, 0.717) is 5.75 Å². The molecular weight excluding hydrogens is 156 g/mol. The lowest BCUT2D eigenvalue weighted by Crippen LogP contribution is -1.56. The molecule has 2 N–H and O–H groups in total. The molecule has 1 aromatic carbocycles. The molecule has 3 nitrogen and oxygen atoms in total. The summed E-state index contributed by atoms with van der Waals surface area (Å²) < 4.78 is 0. The third kappa shape index (κ3) is 11.4. The number of aldehydes is 1.